The van der Waals surface area contributed by atoms with Gasteiger partial charge in [0.05, 0.1) is 26.4 Å². The zero-order valence-electron chi connectivity index (χ0n) is 63.7. The Morgan fingerprint density at radius 2 is 0.495 bits per heavy atom. The minimum absolute atomic E-state index is 0.102. The number of carbonyl (C=O) groups excluding carboxylic acids is 4. The second-order valence-corrected chi connectivity index (χ2v) is 32.4. The van der Waals surface area contributed by atoms with Gasteiger partial charge < -0.3 is 33.8 Å². The number of carbonyl (C=O) groups is 4. The van der Waals surface area contributed by atoms with Crippen molar-refractivity contribution >= 4 is 39.5 Å². The minimum Gasteiger partial charge on any atom is -0.462 e. The Hall–Kier alpha value is -1.94. The predicted octanol–water partition coefficient (Wildman–Crippen LogP) is 22.8. The second kappa shape index (κ2) is 67.2. The maximum Gasteiger partial charge on any atom is 0.472 e. The number of ether oxygens (including phenoxy) is 4. The van der Waals surface area contributed by atoms with E-state index in [1.165, 1.54) is 199 Å². The summed E-state index contributed by atoms with van der Waals surface area (Å²) >= 11 is 0. The maximum absolute atomic E-state index is 13.1. The molecule has 0 aromatic rings. The zero-order chi connectivity index (χ0) is 71.7. The molecular formula is C78H152O17P2. The lowest BCUT2D eigenvalue weighted by Gasteiger charge is -2.21. The first-order chi connectivity index (χ1) is 46.7. The van der Waals surface area contributed by atoms with Crippen LogP contribution in [-0.2, 0) is 65.4 Å². The smallest absolute Gasteiger partial charge is 0.462 e. The summed E-state index contributed by atoms with van der Waals surface area (Å²) in [7, 11) is -9.92. The Labute approximate surface area is 594 Å². The van der Waals surface area contributed by atoms with Crippen LogP contribution in [0.15, 0.2) is 0 Å². The highest BCUT2D eigenvalue weighted by molar-refractivity contribution is 7.47. The van der Waals surface area contributed by atoms with Gasteiger partial charge in [-0.3, -0.25) is 37.3 Å². The summed E-state index contributed by atoms with van der Waals surface area (Å²) in [5.41, 5.74) is 0. The van der Waals surface area contributed by atoms with Gasteiger partial charge in [0.2, 0.25) is 0 Å². The van der Waals surface area contributed by atoms with Gasteiger partial charge in [0, 0.05) is 25.7 Å². The molecule has 97 heavy (non-hydrogen) atoms. The molecule has 0 bridgehead atoms. The summed E-state index contributed by atoms with van der Waals surface area (Å²) in [6.45, 7) is 14.2. The average molecular weight is 1420 g/mol. The number of phosphoric ester groups is 2. The normalized spacial score (nSPS) is 14.6. The fraction of sp³-hybridized carbons (Fsp3) is 0.949. The van der Waals surface area contributed by atoms with E-state index in [9.17, 15) is 43.2 Å². The van der Waals surface area contributed by atoms with Crippen LogP contribution in [0, 0.1) is 23.7 Å². The molecule has 19 heteroatoms. The number of aliphatic hydroxyl groups is 1. The van der Waals surface area contributed by atoms with Crippen LogP contribution >= 0.6 is 15.6 Å². The van der Waals surface area contributed by atoms with E-state index in [1.807, 2.05) is 0 Å². The van der Waals surface area contributed by atoms with Crippen molar-refractivity contribution in [3.8, 4) is 0 Å². The topological polar surface area (TPSA) is 237 Å². The quantitative estimate of drug-likeness (QED) is 0.0222. The molecule has 0 aromatic heterocycles. The van der Waals surface area contributed by atoms with Crippen LogP contribution in [0.4, 0.5) is 0 Å². The lowest BCUT2D eigenvalue weighted by Crippen LogP contribution is -2.30. The molecule has 0 amide bonds. The fourth-order valence-electron chi connectivity index (χ4n) is 11.8. The molecular weight excluding hydrogens is 1270 g/mol. The first kappa shape index (κ1) is 95.1. The Kier molecular flexibility index (Phi) is 65.9. The van der Waals surface area contributed by atoms with Gasteiger partial charge in [0.15, 0.2) is 12.2 Å². The van der Waals surface area contributed by atoms with E-state index < -0.39 is 97.5 Å². The highest BCUT2D eigenvalue weighted by Gasteiger charge is 2.30. The van der Waals surface area contributed by atoms with E-state index >= 15 is 0 Å². The van der Waals surface area contributed by atoms with Crippen LogP contribution in [0.25, 0.3) is 0 Å². The maximum atomic E-state index is 13.1. The van der Waals surface area contributed by atoms with Crippen molar-refractivity contribution in [2.45, 2.75) is 414 Å². The minimum atomic E-state index is -4.96. The van der Waals surface area contributed by atoms with E-state index in [4.69, 9.17) is 37.0 Å². The van der Waals surface area contributed by atoms with Crippen LogP contribution in [0.2, 0.25) is 0 Å². The van der Waals surface area contributed by atoms with Crippen LogP contribution in [0.1, 0.15) is 396 Å². The summed E-state index contributed by atoms with van der Waals surface area (Å²) in [6, 6.07) is 0. The Balaban J connectivity index is 5.23. The van der Waals surface area contributed by atoms with Crippen LogP contribution in [-0.4, -0.2) is 96.7 Å². The number of esters is 4. The summed E-state index contributed by atoms with van der Waals surface area (Å²) in [6.07, 6.45) is 52.8. The van der Waals surface area contributed by atoms with Gasteiger partial charge in [-0.1, -0.05) is 344 Å². The van der Waals surface area contributed by atoms with E-state index in [1.54, 1.807) is 0 Å². The highest BCUT2D eigenvalue weighted by Crippen LogP contribution is 2.45. The zero-order valence-corrected chi connectivity index (χ0v) is 65.5. The van der Waals surface area contributed by atoms with Crippen molar-refractivity contribution in [2.24, 2.45) is 23.7 Å². The van der Waals surface area contributed by atoms with Crippen LogP contribution in [0.3, 0.4) is 0 Å². The van der Waals surface area contributed by atoms with Gasteiger partial charge in [-0.05, 0) is 49.4 Å². The summed E-state index contributed by atoms with van der Waals surface area (Å²) in [4.78, 5) is 72.9. The average Bonchev–Trinajstić information content (AvgIpc) is 1.24. The lowest BCUT2D eigenvalue weighted by molar-refractivity contribution is -0.161. The van der Waals surface area contributed by atoms with E-state index in [-0.39, 0.29) is 25.7 Å². The molecule has 0 saturated carbocycles. The van der Waals surface area contributed by atoms with E-state index in [0.717, 1.165) is 114 Å². The van der Waals surface area contributed by atoms with Crippen molar-refractivity contribution in [3.63, 3.8) is 0 Å². The largest absolute Gasteiger partial charge is 0.472 e. The van der Waals surface area contributed by atoms with Gasteiger partial charge in [0.25, 0.3) is 0 Å². The van der Waals surface area contributed by atoms with Gasteiger partial charge >= 0.3 is 39.5 Å². The van der Waals surface area contributed by atoms with Gasteiger partial charge in [0.1, 0.15) is 19.3 Å². The third kappa shape index (κ3) is 69.5. The molecule has 0 aliphatic rings. The van der Waals surface area contributed by atoms with Gasteiger partial charge in [-0.25, -0.2) is 9.13 Å². The SMILES string of the molecule is CCC(C)CCCCCCCCCCCCCCCCC(=O)OC[C@H](COP(=O)(O)OCC(O)COP(=O)(O)OC[C@@H](COC(=O)CCCCCCCCCCC(C)C)OC(=O)CCCCCCCCC(C)CC)OC(=O)CCCCCCCCCCCCCCCCCC(C)C. The molecule has 3 N–H and O–H groups in total. The first-order valence-corrected chi connectivity index (χ1v) is 43.3. The molecule has 0 heterocycles. The van der Waals surface area contributed by atoms with Crippen molar-refractivity contribution < 1.29 is 80.2 Å². The van der Waals surface area contributed by atoms with Crippen molar-refractivity contribution in [2.75, 3.05) is 39.6 Å². The molecule has 576 valence electrons. The Bertz CT molecular complexity index is 1910. The number of hydrogen-bond donors (Lipinski definition) is 3. The summed E-state index contributed by atoms with van der Waals surface area (Å²) in [5, 5.41) is 10.6. The number of hydrogen-bond acceptors (Lipinski definition) is 15. The first-order valence-electron chi connectivity index (χ1n) is 40.3. The Morgan fingerprint density at radius 3 is 0.732 bits per heavy atom. The Morgan fingerprint density at radius 1 is 0.289 bits per heavy atom. The standard InChI is InChI=1S/C78H152O17P2/c1-9-70(7)56-48-40-32-25-21-17-14-15-18-22-26-33-42-50-58-75(80)88-64-73(94-77(82)60-52-44-35-27-23-19-13-11-12-16-20-24-30-38-46-54-68(3)4)66-92-96(84,85)90-62-72(79)63-91-97(86,87)93-67-74(95-78(83)61-53-45-37-36-41-49-57-71(8)10-2)65-89-76(81)59-51-43-34-29-28-31-39-47-55-69(5)6/h68-74,79H,9-67H2,1-8H3,(H,84,85)(H,86,87)/t70?,71?,72?,73-,74-/m1/s1. The number of rotatable bonds is 75. The molecule has 0 rings (SSSR count). The molecule has 0 spiro atoms. The van der Waals surface area contributed by atoms with Crippen molar-refractivity contribution in [3.05, 3.63) is 0 Å². The lowest BCUT2D eigenvalue weighted by atomic mass is 9.99. The fourth-order valence-corrected chi connectivity index (χ4v) is 13.4. The third-order valence-electron chi connectivity index (χ3n) is 18.8. The summed E-state index contributed by atoms with van der Waals surface area (Å²) in [5.74, 6) is 0.978. The number of aliphatic hydroxyl groups excluding tert-OH is 1. The van der Waals surface area contributed by atoms with Crippen LogP contribution < -0.4 is 0 Å². The number of unbranched alkanes of at least 4 members (excludes halogenated alkanes) is 39. The third-order valence-corrected chi connectivity index (χ3v) is 20.7. The van der Waals surface area contributed by atoms with E-state index in [2.05, 4.69) is 55.4 Å². The predicted molar refractivity (Wildman–Crippen MR) is 395 cm³/mol. The molecule has 5 unspecified atom stereocenters. The molecule has 0 saturated heterocycles. The molecule has 0 aliphatic heterocycles. The monoisotopic (exact) mass is 1420 g/mol. The molecule has 0 radical (unpaired) electrons. The molecule has 0 aliphatic carbocycles. The van der Waals surface area contributed by atoms with Gasteiger partial charge in [-0.15, -0.1) is 0 Å². The van der Waals surface area contributed by atoms with Crippen molar-refractivity contribution in [1.82, 2.24) is 0 Å². The second-order valence-electron chi connectivity index (χ2n) is 29.5. The van der Waals surface area contributed by atoms with Crippen molar-refractivity contribution in [1.29, 1.82) is 0 Å². The van der Waals surface area contributed by atoms with Crippen LogP contribution in [0.5, 0.6) is 0 Å². The number of phosphoric acid groups is 2. The van der Waals surface area contributed by atoms with E-state index in [0.29, 0.717) is 25.7 Å². The highest BCUT2D eigenvalue weighted by atomic mass is 31.2. The molecule has 7 atom stereocenters. The summed E-state index contributed by atoms with van der Waals surface area (Å²) < 4.78 is 68.6. The van der Waals surface area contributed by atoms with Gasteiger partial charge in [-0.2, -0.15) is 0 Å². The molecule has 0 fully saturated rings. The molecule has 0 aromatic carbocycles. The molecule has 17 nitrogen and oxygen atoms in total.